The lowest BCUT2D eigenvalue weighted by atomic mass is 10.1. The third-order valence-electron chi connectivity index (χ3n) is 5.51. The minimum Gasteiger partial charge on any atom is -0.460 e. The normalized spacial score (nSPS) is 18.1. The third kappa shape index (κ3) is 5.98. The van der Waals surface area contributed by atoms with Gasteiger partial charge < -0.3 is 14.4 Å². The molecule has 2 saturated heterocycles. The average molecular weight is 453 g/mol. The van der Waals surface area contributed by atoms with Crippen LogP contribution in [0.3, 0.4) is 0 Å². The van der Waals surface area contributed by atoms with Crippen LogP contribution in [0, 0.1) is 0 Å². The summed E-state index contributed by atoms with van der Waals surface area (Å²) in [7, 11) is -3.75. The van der Waals surface area contributed by atoms with Gasteiger partial charge in [0.2, 0.25) is 10.0 Å². The first kappa shape index (κ1) is 23.5. The molecule has 0 radical (unpaired) electrons. The van der Waals surface area contributed by atoms with Crippen molar-refractivity contribution in [1.29, 1.82) is 0 Å². The van der Waals surface area contributed by atoms with E-state index in [1.807, 2.05) is 0 Å². The predicted octanol–water partition coefficient (Wildman–Crippen LogP) is 2.96. The number of ether oxygens (including phenoxy) is 2. The molecule has 2 aliphatic rings. The molecule has 2 aliphatic heterocycles. The fourth-order valence-electron chi connectivity index (χ4n) is 3.99. The van der Waals surface area contributed by atoms with Crippen LogP contribution in [0.15, 0.2) is 23.1 Å². The number of piperidine rings is 2. The monoisotopic (exact) mass is 452 g/mol. The molecule has 0 spiro atoms. The van der Waals surface area contributed by atoms with Gasteiger partial charge in [0.05, 0.1) is 17.4 Å². The molecule has 2 heterocycles. The Morgan fingerprint density at radius 1 is 0.968 bits per heavy atom. The Morgan fingerprint density at radius 2 is 1.58 bits per heavy atom. The van der Waals surface area contributed by atoms with Crippen LogP contribution in [0.2, 0.25) is 0 Å². The molecular weight excluding hydrogens is 420 g/mol. The number of esters is 2. The van der Waals surface area contributed by atoms with Crippen molar-refractivity contribution in [2.75, 3.05) is 37.7 Å². The first-order valence-electron chi connectivity index (χ1n) is 11.0. The number of benzene rings is 1. The van der Waals surface area contributed by atoms with Crippen LogP contribution in [0.4, 0.5) is 5.69 Å². The summed E-state index contributed by atoms with van der Waals surface area (Å²) >= 11 is 0. The molecule has 1 aromatic rings. The molecule has 0 aliphatic carbocycles. The van der Waals surface area contributed by atoms with E-state index in [1.165, 1.54) is 10.4 Å². The quantitative estimate of drug-likeness (QED) is 0.587. The van der Waals surface area contributed by atoms with E-state index in [-0.39, 0.29) is 16.6 Å². The lowest BCUT2D eigenvalue weighted by Crippen LogP contribution is -2.37. The maximum Gasteiger partial charge on any atom is 0.344 e. The zero-order chi connectivity index (χ0) is 22.4. The van der Waals surface area contributed by atoms with Crippen molar-refractivity contribution in [3.8, 4) is 0 Å². The van der Waals surface area contributed by atoms with Crippen molar-refractivity contribution in [3.05, 3.63) is 23.8 Å². The second-order valence-electron chi connectivity index (χ2n) is 8.31. The summed E-state index contributed by atoms with van der Waals surface area (Å²) in [6, 6.07) is 4.64. The Hall–Kier alpha value is -2.13. The molecule has 0 atom stereocenters. The van der Waals surface area contributed by atoms with Gasteiger partial charge in [-0.05, 0) is 64.2 Å². The first-order chi connectivity index (χ1) is 14.8. The van der Waals surface area contributed by atoms with E-state index in [4.69, 9.17) is 9.47 Å². The summed E-state index contributed by atoms with van der Waals surface area (Å²) < 4.78 is 38.5. The molecule has 9 heteroatoms. The molecule has 8 nitrogen and oxygen atoms in total. The lowest BCUT2D eigenvalue weighted by Gasteiger charge is -2.33. The summed E-state index contributed by atoms with van der Waals surface area (Å²) in [4.78, 5) is 26.4. The van der Waals surface area contributed by atoms with Crippen LogP contribution in [-0.2, 0) is 24.3 Å². The smallest absolute Gasteiger partial charge is 0.344 e. The average Bonchev–Trinajstić information content (AvgIpc) is 2.78. The van der Waals surface area contributed by atoms with Crippen LogP contribution in [0.1, 0.15) is 62.7 Å². The Labute approximate surface area is 184 Å². The summed E-state index contributed by atoms with van der Waals surface area (Å²) in [6.07, 6.45) is 5.51. The zero-order valence-electron chi connectivity index (χ0n) is 18.3. The van der Waals surface area contributed by atoms with E-state index in [2.05, 4.69) is 4.90 Å². The second kappa shape index (κ2) is 10.5. The molecule has 172 valence electrons. The fraction of sp³-hybridized carbons (Fsp3) is 0.636. The van der Waals surface area contributed by atoms with Gasteiger partial charge in [0.25, 0.3) is 0 Å². The maximum absolute atomic E-state index is 13.5. The Balaban J connectivity index is 1.88. The summed E-state index contributed by atoms with van der Waals surface area (Å²) in [5, 5.41) is 0. The molecular formula is C22H32N2O6S. The van der Waals surface area contributed by atoms with Crippen LogP contribution in [0.25, 0.3) is 0 Å². The summed E-state index contributed by atoms with van der Waals surface area (Å²) in [6.45, 7) is 5.43. The molecule has 1 aromatic carbocycles. The van der Waals surface area contributed by atoms with E-state index in [0.717, 1.165) is 51.6 Å². The van der Waals surface area contributed by atoms with Crippen molar-refractivity contribution in [2.45, 2.75) is 63.4 Å². The number of anilines is 1. The minimum absolute atomic E-state index is 0.105. The number of nitrogens with zero attached hydrogens (tertiary/aromatic N) is 2. The molecule has 0 N–H and O–H groups in total. The Bertz CT molecular complexity index is 887. The number of hydrogen-bond donors (Lipinski definition) is 0. The largest absolute Gasteiger partial charge is 0.460 e. The molecule has 3 rings (SSSR count). The van der Waals surface area contributed by atoms with Gasteiger partial charge in [0.1, 0.15) is 4.90 Å². The van der Waals surface area contributed by atoms with Crippen molar-refractivity contribution >= 4 is 27.6 Å². The molecule has 0 unspecified atom stereocenters. The number of rotatable bonds is 7. The molecule has 0 saturated carbocycles. The first-order valence-corrected chi connectivity index (χ1v) is 12.5. The topological polar surface area (TPSA) is 93.2 Å². The third-order valence-corrected chi connectivity index (χ3v) is 7.44. The van der Waals surface area contributed by atoms with Crippen LogP contribution in [0.5, 0.6) is 0 Å². The SMILES string of the molecule is CC(C)OC(=O)COC(=O)c1ccc(N2CCCCC2)c(S(=O)(=O)N2CCCCC2)c1. The fourth-order valence-corrected chi connectivity index (χ4v) is 5.75. The van der Waals surface area contributed by atoms with Gasteiger partial charge in [-0.2, -0.15) is 4.31 Å². The molecule has 0 aromatic heterocycles. The van der Waals surface area contributed by atoms with Crippen LogP contribution in [-0.4, -0.2) is 63.6 Å². The van der Waals surface area contributed by atoms with Crippen molar-refractivity contribution in [2.24, 2.45) is 0 Å². The van der Waals surface area contributed by atoms with Gasteiger partial charge in [-0.25, -0.2) is 18.0 Å². The van der Waals surface area contributed by atoms with Gasteiger partial charge >= 0.3 is 11.9 Å². The number of carbonyl (C=O) groups excluding carboxylic acids is 2. The molecule has 2 fully saturated rings. The predicted molar refractivity (Wildman–Crippen MR) is 117 cm³/mol. The van der Waals surface area contributed by atoms with E-state index in [1.54, 1.807) is 26.0 Å². The number of hydrogen-bond acceptors (Lipinski definition) is 7. The molecule has 0 amide bonds. The summed E-state index contributed by atoms with van der Waals surface area (Å²) in [5.74, 6) is -1.39. The van der Waals surface area contributed by atoms with E-state index < -0.39 is 28.6 Å². The maximum atomic E-state index is 13.5. The van der Waals surface area contributed by atoms with Crippen molar-refractivity contribution in [3.63, 3.8) is 0 Å². The second-order valence-corrected chi connectivity index (χ2v) is 10.2. The standard InChI is InChI=1S/C22H32N2O6S/c1-17(2)30-21(25)16-29-22(26)18-9-10-19(23-11-5-3-6-12-23)20(15-18)31(27,28)24-13-7-4-8-14-24/h9-10,15,17H,3-8,11-14,16H2,1-2H3. The summed E-state index contributed by atoms with van der Waals surface area (Å²) in [5.41, 5.74) is 0.731. The van der Waals surface area contributed by atoms with Crippen LogP contribution >= 0.6 is 0 Å². The van der Waals surface area contributed by atoms with E-state index in [9.17, 15) is 18.0 Å². The van der Waals surface area contributed by atoms with Gasteiger partial charge in [-0.3, -0.25) is 0 Å². The lowest BCUT2D eigenvalue weighted by molar-refractivity contribution is -0.150. The number of sulfonamides is 1. The minimum atomic E-state index is -3.75. The van der Waals surface area contributed by atoms with Gasteiger partial charge in [0.15, 0.2) is 6.61 Å². The van der Waals surface area contributed by atoms with E-state index in [0.29, 0.717) is 18.8 Å². The Morgan fingerprint density at radius 3 is 2.19 bits per heavy atom. The zero-order valence-corrected chi connectivity index (χ0v) is 19.2. The van der Waals surface area contributed by atoms with Gasteiger partial charge in [-0.15, -0.1) is 0 Å². The highest BCUT2D eigenvalue weighted by atomic mass is 32.2. The highest BCUT2D eigenvalue weighted by Crippen LogP contribution is 2.32. The van der Waals surface area contributed by atoms with Gasteiger partial charge in [0, 0.05) is 26.2 Å². The van der Waals surface area contributed by atoms with E-state index >= 15 is 0 Å². The Kier molecular flexibility index (Phi) is 7.94. The highest BCUT2D eigenvalue weighted by Gasteiger charge is 2.31. The highest BCUT2D eigenvalue weighted by molar-refractivity contribution is 7.89. The van der Waals surface area contributed by atoms with Gasteiger partial charge in [-0.1, -0.05) is 6.42 Å². The number of carbonyl (C=O) groups is 2. The van der Waals surface area contributed by atoms with Crippen LogP contribution < -0.4 is 4.90 Å². The molecule has 0 bridgehead atoms. The molecule has 31 heavy (non-hydrogen) atoms. The van der Waals surface area contributed by atoms with Crippen molar-refractivity contribution in [1.82, 2.24) is 4.31 Å². The van der Waals surface area contributed by atoms with Crippen molar-refractivity contribution < 1.29 is 27.5 Å².